The number of carbonyl (C=O) groups is 1. The zero-order valence-corrected chi connectivity index (χ0v) is 17.8. The molecule has 1 aliphatic rings. The maximum atomic E-state index is 13.8. The van der Waals surface area contributed by atoms with Gasteiger partial charge in [0.1, 0.15) is 11.6 Å². The van der Waals surface area contributed by atoms with Crippen LogP contribution in [0, 0.1) is 12.7 Å². The van der Waals surface area contributed by atoms with Crippen molar-refractivity contribution in [3.05, 3.63) is 52.8 Å². The lowest BCUT2D eigenvalue weighted by atomic mass is 10.1. The quantitative estimate of drug-likeness (QED) is 0.603. The molecule has 1 atom stereocenters. The van der Waals surface area contributed by atoms with E-state index in [0.29, 0.717) is 36.1 Å². The molecule has 0 saturated heterocycles. The van der Waals surface area contributed by atoms with Gasteiger partial charge in [0.15, 0.2) is 6.79 Å². The second-order valence-electron chi connectivity index (χ2n) is 7.11. The predicted octanol–water partition coefficient (Wildman–Crippen LogP) is 5.26. The average molecular weight is 419 g/mol. The van der Waals surface area contributed by atoms with Crippen molar-refractivity contribution in [1.29, 1.82) is 0 Å². The number of halogens is 1. The number of nitrogens with one attached hydrogen (secondary N) is 2. The first-order chi connectivity index (χ1) is 14.0. The van der Waals surface area contributed by atoms with Crippen LogP contribution in [0.5, 0.6) is 5.75 Å². The summed E-state index contributed by atoms with van der Waals surface area (Å²) in [6, 6.07) is 8.62. The number of rotatable bonds is 7. The number of hydrogen-bond donors (Lipinski definition) is 2. The van der Waals surface area contributed by atoms with Gasteiger partial charge in [-0.2, -0.15) is 0 Å². The molecule has 0 spiro atoms. The van der Waals surface area contributed by atoms with Crippen LogP contribution in [0.1, 0.15) is 37.0 Å². The second kappa shape index (κ2) is 9.98. The van der Waals surface area contributed by atoms with E-state index in [4.69, 9.17) is 9.47 Å². The Bertz CT molecular complexity index is 875. The highest BCUT2D eigenvalue weighted by atomic mass is 32.2. The van der Waals surface area contributed by atoms with E-state index in [1.807, 2.05) is 30.8 Å². The average Bonchev–Trinajstić information content (AvgIpc) is 2.69. The Kier molecular flexibility index (Phi) is 7.39. The minimum Gasteiger partial charge on any atom is -0.467 e. The highest BCUT2D eigenvalue weighted by molar-refractivity contribution is 7.99. The zero-order valence-electron chi connectivity index (χ0n) is 17.0. The third-order valence-electron chi connectivity index (χ3n) is 4.79. The molecule has 2 aromatic rings. The summed E-state index contributed by atoms with van der Waals surface area (Å²) in [5.41, 5.74) is 3.22. The van der Waals surface area contributed by atoms with Crippen molar-refractivity contribution in [3.8, 4) is 5.75 Å². The summed E-state index contributed by atoms with van der Waals surface area (Å²) in [6.45, 7) is 7.21. The Morgan fingerprint density at radius 1 is 1.31 bits per heavy atom. The van der Waals surface area contributed by atoms with Gasteiger partial charge in [0, 0.05) is 27.9 Å². The van der Waals surface area contributed by atoms with E-state index >= 15 is 0 Å². The largest absolute Gasteiger partial charge is 0.467 e. The van der Waals surface area contributed by atoms with Crippen LogP contribution in [-0.4, -0.2) is 24.6 Å². The van der Waals surface area contributed by atoms with Gasteiger partial charge < -0.3 is 20.1 Å². The van der Waals surface area contributed by atoms with Crippen LogP contribution in [0.2, 0.25) is 0 Å². The van der Waals surface area contributed by atoms with Crippen molar-refractivity contribution in [2.45, 2.75) is 50.4 Å². The summed E-state index contributed by atoms with van der Waals surface area (Å²) in [5.74, 6) is 0.327. The fraction of sp³-hybridized carbons (Fsp3) is 0.409. The lowest BCUT2D eigenvalue weighted by Crippen LogP contribution is -2.31. The van der Waals surface area contributed by atoms with Gasteiger partial charge in [-0.25, -0.2) is 9.18 Å². The first-order valence-electron chi connectivity index (χ1n) is 9.80. The van der Waals surface area contributed by atoms with E-state index in [9.17, 15) is 9.18 Å². The zero-order chi connectivity index (χ0) is 20.8. The molecule has 2 aromatic carbocycles. The normalized spacial score (nSPS) is 13.9. The molecule has 0 aliphatic carbocycles. The molecule has 1 aliphatic heterocycles. The van der Waals surface area contributed by atoms with Gasteiger partial charge in [-0.1, -0.05) is 13.8 Å². The van der Waals surface area contributed by atoms with Crippen molar-refractivity contribution >= 4 is 23.5 Å². The highest BCUT2D eigenvalue weighted by Crippen LogP contribution is 2.30. The molecule has 0 bridgehead atoms. The molecule has 7 heteroatoms. The van der Waals surface area contributed by atoms with Gasteiger partial charge in [-0.05, 0) is 61.2 Å². The number of carbonyl (C=O) groups excluding carboxylic acids is 1. The van der Waals surface area contributed by atoms with E-state index in [-0.39, 0.29) is 18.6 Å². The molecular formula is C22H27FN2O3S. The third kappa shape index (κ3) is 5.87. The molecule has 0 saturated carbocycles. The van der Waals surface area contributed by atoms with Crippen LogP contribution in [-0.2, 0) is 17.8 Å². The summed E-state index contributed by atoms with van der Waals surface area (Å²) in [6.07, 6.45) is 1.58. The molecule has 0 fully saturated rings. The molecule has 1 unspecified atom stereocenters. The number of benzene rings is 2. The topological polar surface area (TPSA) is 59.6 Å². The third-order valence-corrected chi connectivity index (χ3v) is 6.05. The van der Waals surface area contributed by atoms with Gasteiger partial charge in [0.25, 0.3) is 0 Å². The summed E-state index contributed by atoms with van der Waals surface area (Å²) in [7, 11) is 0. The van der Waals surface area contributed by atoms with E-state index < -0.39 is 0 Å². The van der Waals surface area contributed by atoms with Crippen molar-refractivity contribution in [2.75, 3.05) is 18.7 Å². The fourth-order valence-electron chi connectivity index (χ4n) is 3.08. The Morgan fingerprint density at radius 3 is 2.90 bits per heavy atom. The number of thioether (sulfide) groups is 1. The fourth-order valence-corrected chi connectivity index (χ4v) is 4.11. The van der Waals surface area contributed by atoms with Crippen LogP contribution >= 0.6 is 11.8 Å². The summed E-state index contributed by atoms with van der Waals surface area (Å²) in [5, 5.41) is 6.26. The number of aryl methyl sites for hydroxylation is 1. The van der Waals surface area contributed by atoms with Crippen LogP contribution in [0.15, 0.2) is 35.2 Å². The lowest BCUT2D eigenvalue weighted by molar-refractivity contribution is -0.0172. The van der Waals surface area contributed by atoms with Gasteiger partial charge in [-0.15, -0.1) is 11.8 Å². The SMILES string of the molecule is CCC(C)Sc1ccc(NC(=O)NCCc2cc(F)cc3c2OCOC3)c(C)c1. The standard InChI is InChI=1S/C22H27FN2O3S/c1-4-15(3)29-19-5-6-20(14(2)9-19)25-22(26)24-8-7-16-10-18(23)11-17-12-27-13-28-21(16)17/h5-6,9-11,15H,4,7-8,12-13H2,1-3H3,(H2,24,25,26). The number of hydrogen-bond acceptors (Lipinski definition) is 4. The summed E-state index contributed by atoms with van der Waals surface area (Å²) in [4.78, 5) is 13.5. The maximum absolute atomic E-state index is 13.8. The van der Waals surface area contributed by atoms with Gasteiger partial charge >= 0.3 is 6.03 Å². The minimum absolute atomic E-state index is 0.157. The Morgan fingerprint density at radius 2 is 2.14 bits per heavy atom. The molecule has 0 aromatic heterocycles. The van der Waals surface area contributed by atoms with E-state index in [2.05, 4.69) is 30.5 Å². The number of urea groups is 1. The first kappa shape index (κ1) is 21.5. The minimum atomic E-state index is -0.330. The van der Waals surface area contributed by atoms with E-state index in [1.165, 1.54) is 17.0 Å². The van der Waals surface area contributed by atoms with Crippen LogP contribution < -0.4 is 15.4 Å². The number of amides is 2. The van der Waals surface area contributed by atoms with Crippen LogP contribution in [0.4, 0.5) is 14.9 Å². The smallest absolute Gasteiger partial charge is 0.319 e. The van der Waals surface area contributed by atoms with Crippen LogP contribution in [0.3, 0.4) is 0 Å². The number of ether oxygens (including phenoxy) is 2. The molecule has 156 valence electrons. The van der Waals surface area contributed by atoms with Gasteiger partial charge in [0.05, 0.1) is 6.61 Å². The number of anilines is 1. The predicted molar refractivity (Wildman–Crippen MR) is 114 cm³/mol. The number of fused-ring (bicyclic) bond motifs is 1. The summed E-state index contributed by atoms with van der Waals surface area (Å²) < 4.78 is 24.5. The second-order valence-corrected chi connectivity index (χ2v) is 8.62. The molecule has 29 heavy (non-hydrogen) atoms. The molecule has 5 nitrogen and oxygen atoms in total. The molecule has 3 rings (SSSR count). The monoisotopic (exact) mass is 418 g/mol. The Balaban J connectivity index is 1.54. The van der Waals surface area contributed by atoms with E-state index in [1.54, 1.807) is 0 Å². The maximum Gasteiger partial charge on any atom is 0.319 e. The Labute approximate surface area is 175 Å². The molecule has 1 heterocycles. The van der Waals surface area contributed by atoms with Gasteiger partial charge in [0.2, 0.25) is 0 Å². The van der Waals surface area contributed by atoms with Crippen molar-refractivity contribution < 1.29 is 18.7 Å². The van der Waals surface area contributed by atoms with Crippen molar-refractivity contribution in [1.82, 2.24) is 5.32 Å². The Hall–Kier alpha value is -2.25. The highest BCUT2D eigenvalue weighted by Gasteiger charge is 2.17. The lowest BCUT2D eigenvalue weighted by Gasteiger charge is -2.21. The molecule has 2 amide bonds. The van der Waals surface area contributed by atoms with Gasteiger partial charge in [-0.3, -0.25) is 0 Å². The van der Waals surface area contributed by atoms with Crippen molar-refractivity contribution in [2.24, 2.45) is 0 Å². The van der Waals surface area contributed by atoms with Crippen molar-refractivity contribution in [3.63, 3.8) is 0 Å². The molecule has 2 N–H and O–H groups in total. The first-order valence-corrected chi connectivity index (χ1v) is 10.7. The van der Waals surface area contributed by atoms with E-state index in [0.717, 1.165) is 23.2 Å². The summed E-state index contributed by atoms with van der Waals surface area (Å²) >= 11 is 1.83. The molecule has 0 radical (unpaired) electrons. The van der Waals surface area contributed by atoms with Crippen LogP contribution in [0.25, 0.3) is 0 Å². The molecular weight excluding hydrogens is 391 g/mol.